The third kappa shape index (κ3) is 2.16. The Hall–Kier alpha value is -0.660. The lowest BCUT2D eigenvalue weighted by atomic mass is 10.4. The largest absolute Gasteiger partial charge is 0.546 e. The van der Waals surface area contributed by atoms with Crippen LogP contribution in [0, 0.1) is 0 Å². The summed E-state index contributed by atoms with van der Waals surface area (Å²) in [6.07, 6.45) is 0. The molecule has 1 aromatic rings. The molecule has 0 aliphatic rings. The van der Waals surface area contributed by atoms with Crippen molar-refractivity contribution >= 4 is 26.7 Å². The molecular formula is C6H6O4P2+2. The predicted octanol–water partition coefficient (Wildman–Crippen LogP) is 0.407. The van der Waals surface area contributed by atoms with Gasteiger partial charge < -0.3 is 0 Å². The monoisotopic (exact) mass is 204 g/mol. The van der Waals surface area contributed by atoms with Gasteiger partial charge in [0.25, 0.3) is 0 Å². The highest BCUT2D eigenvalue weighted by molar-refractivity contribution is 7.48. The van der Waals surface area contributed by atoms with Crippen molar-refractivity contribution in [3.05, 3.63) is 24.3 Å². The van der Waals surface area contributed by atoms with Gasteiger partial charge in [0, 0.05) is 0 Å². The molecule has 0 amide bonds. The zero-order chi connectivity index (χ0) is 9.14. The van der Waals surface area contributed by atoms with Crippen molar-refractivity contribution in [2.75, 3.05) is 0 Å². The van der Waals surface area contributed by atoms with E-state index >= 15 is 0 Å². The van der Waals surface area contributed by atoms with Crippen LogP contribution in [0.15, 0.2) is 24.3 Å². The van der Waals surface area contributed by atoms with Crippen LogP contribution in [-0.2, 0) is 9.13 Å². The van der Waals surface area contributed by atoms with E-state index in [1.807, 2.05) is 0 Å². The Morgan fingerprint density at radius 1 is 0.833 bits per heavy atom. The van der Waals surface area contributed by atoms with E-state index in [0.717, 1.165) is 0 Å². The zero-order valence-electron chi connectivity index (χ0n) is 5.91. The van der Waals surface area contributed by atoms with E-state index in [1.165, 1.54) is 24.3 Å². The lowest BCUT2D eigenvalue weighted by molar-refractivity contribution is 0.511. The molecule has 4 nitrogen and oxygen atoms in total. The van der Waals surface area contributed by atoms with Gasteiger partial charge in [0.1, 0.15) is 0 Å². The van der Waals surface area contributed by atoms with E-state index in [-0.39, 0.29) is 10.6 Å². The second-order valence-electron chi connectivity index (χ2n) is 2.06. The molecule has 2 unspecified atom stereocenters. The summed E-state index contributed by atoms with van der Waals surface area (Å²) in [6.45, 7) is 0. The summed E-state index contributed by atoms with van der Waals surface area (Å²) >= 11 is 0. The Labute approximate surface area is 70.6 Å². The molecule has 0 spiro atoms. The molecule has 2 atom stereocenters. The summed E-state index contributed by atoms with van der Waals surface area (Å²) < 4.78 is 21.0. The number of rotatable bonds is 2. The van der Waals surface area contributed by atoms with Gasteiger partial charge in [-0.15, -0.1) is 0 Å². The number of hydrogen-bond donors (Lipinski definition) is 2. The summed E-state index contributed by atoms with van der Waals surface area (Å²) in [5.74, 6) is 0. The first kappa shape index (κ1) is 9.43. The number of benzene rings is 1. The smallest absolute Gasteiger partial charge is 0.156 e. The van der Waals surface area contributed by atoms with Crippen LogP contribution < -0.4 is 10.6 Å². The maximum absolute atomic E-state index is 10.5. The van der Waals surface area contributed by atoms with Gasteiger partial charge in [0.15, 0.2) is 0 Å². The highest BCUT2D eigenvalue weighted by Gasteiger charge is 2.20. The van der Waals surface area contributed by atoms with Crippen molar-refractivity contribution in [2.24, 2.45) is 0 Å². The van der Waals surface area contributed by atoms with Crippen LogP contribution >= 0.6 is 16.1 Å². The zero-order valence-corrected chi connectivity index (χ0v) is 7.70. The fourth-order valence-corrected chi connectivity index (χ4v) is 1.52. The molecular weight excluding hydrogens is 198 g/mol. The van der Waals surface area contributed by atoms with Crippen molar-refractivity contribution in [3.8, 4) is 0 Å². The van der Waals surface area contributed by atoms with Crippen LogP contribution in [0.25, 0.3) is 0 Å². The molecule has 0 saturated carbocycles. The lowest BCUT2D eigenvalue weighted by Crippen LogP contribution is -2.02. The van der Waals surface area contributed by atoms with E-state index in [4.69, 9.17) is 9.79 Å². The quantitative estimate of drug-likeness (QED) is 0.684. The van der Waals surface area contributed by atoms with Crippen molar-refractivity contribution in [1.29, 1.82) is 0 Å². The maximum atomic E-state index is 10.5. The molecule has 62 valence electrons. The van der Waals surface area contributed by atoms with Crippen LogP contribution in [0.1, 0.15) is 0 Å². The molecule has 0 radical (unpaired) electrons. The first-order valence-electron chi connectivity index (χ1n) is 3.03. The van der Waals surface area contributed by atoms with Crippen LogP contribution in [0.3, 0.4) is 0 Å². The van der Waals surface area contributed by atoms with Crippen molar-refractivity contribution in [1.82, 2.24) is 0 Å². The van der Waals surface area contributed by atoms with Crippen molar-refractivity contribution in [2.45, 2.75) is 0 Å². The van der Waals surface area contributed by atoms with E-state index in [1.54, 1.807) is 0 Å². The Bertz CT molecular complexity index is 286. The predicted molar refractivity (Wildman–Crippen MR) is 45.4 cm³/mol. The van der Waals surface area contributed by atoms with Gasteiger partial charge in [-0.05, 0) is 33.4 Å². The van der Waals surface area contributed by atoms with E-state index in [9.17, 15) is 9.13 Å². The fourth-order valence-electron chi connectivity index (χ4n) is 0.708. The molecule has 1 rings (SSSR count). The second-order valence-corrected chi connectivity index (χ2v) is 4.19. The van der Waals surface area contributed by atoms with Crippen LogP contribution in [0.4, 0.5) is 0 Å². The highest BCUT2D eigenvalue weighted by Crippen LogP contribution is 2.15. The average Bonchev–Trinajstić information content (AvgIpc) is 2.04. The highest BCUT2D eigenvalue weighted by atomic mass is 31.1. The Morgan fingerprint density at radius 2 is 1.08 bits per heavy atom. The van der Waals surface area contributed by atoms with E-state index in [0.29, 0.717) is 0 Å². The first-order valence-corrected chi connectivity index (χ1v) is 5.46. The number of hydrogen-bond acceptors (Lipinski definition) is 2. The van der Waals surface area contributed by atoms with Gasteiger partial charge in [-0.3, -0.25) is 0 Å². The minimum atomic E-state index is -2.35. The minimum Gasteiger partial charge on any atom is -0.156 e. The maximum Gasteiger partial charge on any atom is 0.546 e. The Balaban J connectivity index is 3.01. The molecule has 1 aromatic carbocycles. The molecule has 12 heavy (non-hydrogen) atoms. The average molecular weight is 204 g/mol. The molecule has 0 heterocycles. The second kappa shape index (κ2) is 3.83. The molecule has 0 aromatic heterocycles. The Morgan fingerprint density at radius 3 is 1.25 bits per heavy atom. The fraction of sp³-hybridized carbons (Fsp3) is 0. The van der Waals surface area contributed by atoms with Gasteiger partial charge in [0.2, 0.25) is 10.6 Å². The molecule has 0 aliphatic carbocycles. The van der Waals surface area contributed by atoms with Gasteiger partial charge in [-0.25, -0.2) is 0 Å². The third-order valence-electron chi connectivity index (χ3n) is 1.29. The summed E-state index contributed by atoms with van der Waals surface area (Å²) in [5, 5.41) is 0.510. The summed E-state index contributed by atoms with van der Waals surface area (Å²) in [5.41, 5.74) is 0. The summed E-state index contributed by atoms with van der Waals surface area (Å²) in [7, 11) is -4.71. The first-order chi connectivity index (χ1) is 5.61. The van der Waals surface area contributed by atoms with E-state index < -0.39 is 16.1 Å². The standard InChI is InChI=1S/C6H4O4P2/c7-11(8)5-1-2-6(4-3-5)12(9)10/h1-4H/p+2. The topological polar surface area (TPSA) is 74.6 Å². The van der Waals surface area contributed by atoms with E-state index in [2.05, 4.69) is 0 Å². The van der Waals surface area contributed by atoms with Crippen molar-refractivity contribution in [3.63, 3.8) is 0 Å². The SMILES string of the molecule is O=[P+](O)c1ccc([P+](=O)O)cc1. The summed E-state index contributed by atoms with van der Waals surface area (Å²) in [6, 6.07) is 5.43. The molecule has 2 N–H and O–H groups in total. The lowest BCUT2D eigenvalue weighted by Gasteiger charge is -1.81. The van der Waals surface area contributed by atoms with Gasteiger partial charge in [0.05, 0.1) is 0 Å². The molecule has 0 saturated heterocycles. The summed E-state index contributed by atoms with van der Waals surface area (Å²) in [4.78, 5) is 17.3. The molecule has 0 aliphatic heterocycles. The van der Waals surface area contributed by atoms with Crippen molar-refractivity contribution < 1.29 is 18.9 Å². The molecule has 6 heteroatoms. The molecule has 0 bridgehead atoms. The normalized spacial score (nSPS) is 12.5. The third-order valence-corrected chi connectivity index (χ3v) is 2.77. The molecule has 0 fully saturated rings. The van der Waals surface area contributed by atoms with Gasteiger partial charge >= 0.3 is 16.1 Å². The van der Waals surface area contributed by atoms with Crippen LogP contribution in [0.2, 0.25) is 0 Å². The van der Waals surface area contributed by atoms with Gasteiger partial charge in [-0.1, -0.05) is 0 Å². The minimum absolute atomic E-state index is 0.255. The van der Waals surface area contributed by atoms with Crippen LogP contribution in [0.5, 0.6) is 0 Å². The Kier molecular flexibility index (Phi) is 3.01. The van der Waals surface area contributed by atoms with Gasteiger partial charge in [-0.2, -0.15) is 9.79 Å². The van der Waals surface area contributed by atoms with Crippen LogP contribution in [-0.4, -0.2) is 9.79 Å².